The fraction of sp³-hybridized carbons (Fsp3) is 0.500. The third-order valence-electron chi connectivity index (χ3n) is 2.99. The number of carbonyl (C=O) groups excluding carboxylic acids is 1. The van der Waals surface area contributed by atoms with E-state index in [1.54, 1.807) is 7.11 Å². The van der Waals surface area contributed by atoms with Crippen LogP contribution in [0, 0.1) is 0 Å². The zero-order valence-electron chi connectivity index (χ0n) is 11.6. The van der Waals surface area contributed by atoms with Crippen molar-refractivity contribution in [3.05, 3.63) is 17.7 Å². The van der Waals surface area contributed by atoms with Gasteiger partial charge in [0.25, 0.3) is 0 Å². The molecule has 20 heavy (non-hydrogen) atoms. The first-order valence-corrected chi connectivity index (χ1v) is 6.66. The maximum Gasteiger partial charge on any atom is 0.217 e. The zero-order chi connectivity index (χ0) is 14.4. The van der Waals surface area contributed by atoms with E-state index in [2.05, 4.69) is 5.32 Å². The first-order chi connectivity index (χ1) is 9.70. The smallest absolute Gasteiger partial charge is 0.217 e. The number of ether oxygens (including phenoxy) is 3. The average Bonchev–Trinajstić information content (AvgIpc) is 2.45. The minimum absolute atomic E-state index is 0.271. The van der Waals surface area contributed by atoms with Crippen molar-refractivity contribution in [3.8, 4) is 17.2 Å². The van der Waals surface area contributed by atoms with Crippen molar-refractivity contribution in [1.29, 1.82) is 0 Å². The summed E-state index contributed by atoms with van der Waals surface area (Å²) in [5, 5.41) is 3.26. The standard InChI is InChI=1S/C14H20N2O4/c1-18-11-7-10(9-16-4-2-3-13(15)17)8-12-14(11)20-6-5-19-12/h7-8,16H,2-6,9H2,1H3,(H2,15,17). The Balaban J connectivity index is 1.93. The van der Waals surface area contributed by atoms with Crippen LogP contribution in [0.3, 0.4) is 0 Å². The lowest BCUT2D eigenvalue weighted by molar-refractivity contribution is -0.118. The predicted octanol–water partition coefficient (Wildman–Crippen LogP) is 0.822. The van der Waals surface area contributed by atoms with Crippen molar-refractivity contribution >= 4 is 5.91 Å². The summed E-state index contributed by atoms with van der Waals surface area (Å²) in [6, 6.07) is 3.87. The van der Waals surface area contributed by atoms with Gasteiger partial charge in [-0.25, -0.2) is 0 Å². The van der Waals surface area contributed by atoms with E-state index in [1.807, 2.05) is 12.1 Å². The van der Waals surface area contributed by atoms with Gasteiger partial charge in [-0.1, -0.05) is 0 Å². The molecule has 110 valence electrons. The highest BCUT2D eigenvalue weighted by Gasteiger charge is 2.18. The third-order valence-corrected chi connectivity index (χ3v) is 2.99. The summed E-state index contributed by atoms with van der Waals surface area (Å²) >= 11 is 0. The fourth-order valence-electron chi connectivity index (χ4n) is 2.05. The molecule has 1 aromatic carbocycles. The van der Waals surface area contributed by atoms with Gasteiger partial charge in [0, 0.05) is 13.0 Å². The molecule has 0 spiro atoms. The summed E-state index contributed by atoms with van der Waals surface area (Å²) in [7, 11) is 1.61. The largest absolute Gasteiger partial charge is 0.493 e. The van der Waals surface area contributed by atoms with E-state index in [1.165, 1.54) is 0 Å². The lowest BCUT2D eigenvalue weighted by Gasteiger charge is -2.21. The number of carbonyl (C=O) groups is 1. The maximum atomic E-state index is 10.6. The molecule has 1 heterocycles. The van der Waals surface area contributed by atoms with E-state index < -0.39 is 0 Å². The van der Waals surface area contributed by atoms with E-state index in [0.717, 1.165) is 18.5 Å². The number of nitrogens with two attached hydrogens (primary N) is 1. The van der Waals surface area contributed by atoms with Gasteiger partial charge in [-0.2, -0.15) is 0 Å². The monoisotopic (exact) mass is 280 g/mol. The molecule has 1 amide bonds. The Morgan fingerprint density at radius 3 is 2.95 bits per heavy atom. The van der Waals surface area contributed by atoms with Crippen LogP contribution in [0.2, 0.25) is 0 Å². The number of nitrogens with one attached hydrogen (secondary N) is 1. The summed E-state index contributed by atoms with van der Waals surface area (Å²) < 4.78 is 16.4. The Labute approximate surface area is 118 Å². The molecule has 0 saturated carbocycles. The molecule has 6 nitrogen and oxygen atoms in total. The van der Waals surface area contributed by atoms with E-state index in [0.29, 0.717) is 43.4 Å². The first-order valence-electron chi connectivity index (χ1n) is 6.66. The molecule has 0 fully saturated rings. The number of primary amides is 1. The van der Waals surface area contributed by atoms with Crippen LogP contribution in [-0.4, -0.2) is 32.8 Å². The summed E-state index contributed by atoms with van der Waals surface area (Å²) in [5.74, 6) is 1.78. The number of methoxy groups -OCH3 is 1. The van der Waals surface area contributed by atoms with E-state index in [-0.39, 0.29) is 5.91 Å². The van der Waals surface area contributed by atoms with Crippen molar-refractivity contribution in [1.82, 2.24) is 5.32 Å². The Hall–Kier alpha value is -1.95. The van der Waals surface area contributed by atoms with Crippen molar-refractivity contribution < 1.29 is 19.0 Å². The second-order valence-electron chi connectivity index (χ2n) is 4.57. The van der Waals surface area contributed by atoms with Gasteiger partial charge in [-0.15, -0.1) is 0 Å². The van der Waals surface area contributed by atoms with Crippen molar-refractivity contribution in [2.75, 3.05) is 26.9 Å². The Bertz CT molecular complexity index is 459. The van der Waals surface area contributed by atoms with Crippen LogP contribution in [0.5, 0.6) is 17.2 Å². The van der Waals surface area contributed by atoms with Gasteiger partial charge in [0.2, 0.25) is 11.7 Å². The van der Waals surface area contributed by atoms with Crippen LogP contribution in [0.25, 0.3) is 0 Å². The molecule has 1 aliphatic rings. The van der Waals surface area contributed by atoms with E-state index >= 15 is 0 Å². The second kappa shape index (κ2) is 7.00. The Kier molecular flexibility index (Phi) is 5.06. The molecule has 0 aliphatic carbocycles. The minimum Gasteiger partial charge on any atom is -0.493 e. The molecular formula is C14H20N2O4. The summed E-state index contributed by atoms with van der Waals surface area (Å²) in [6.07, 6.45) is 1.13. The van der Waals surface area contributed by atoms with Crippen molar-refractivity contribution in [2.45, 2.75) is 19.4 Å². The number of benzene rings is 1. The van der Waals surface area contributed by atoms with Crippen LogP contribution in [-0.2, 0) is 11.3 Å². The van der Waals surface area contributed by atoms with Crippen LogP contribution >= 0.6 is 0 Å². The molecule has 0 aromatic heterocycles. The lowest BCUT2D eigenvalue weighted by Crippen LogP contribution is -2.19. The Morgan fingerprint density at radius 1 is 1.40 bits per heavy atom. The van der Waals surface area contributed by atoms with Gasteiger partial charge in [-0.3, -0.25) is 4.79 Å². The van der Waals surface area contributed by atoms with Crippen LogP contribution < -0.4 is 25.3 Å². The maximum absolute atomic E-state index is 10.6. The van der Waals surface area contributed by atoms with Gasteiger partial charge in [0.05, 0.1) is 7.11 Å². The molecule has 0 bridgehead atoms. The summed E-state index contributed by atoms with van der Waals surface area (Å²) in [6.45, 7) is 2.49. The van der Waals surface area contributed by atoms with Gasteiger partial charge < -0.3 is 25.3 Å². The minimum atomic E-state index is -0.271. The SMILES string of the molecule is COc1cc(CNCCCC(N)=O)cc2c1OCCO2. The van der Waals surface area contributed by atoms with Crippen LogP contribution in [0.4, 0.5) is 0 Å². The molecular weight excluding hydrogens is 260 g/mol. The summed E-state index contributed by atoms with van der Waals surface area (Å²) in [5.41, 5.74) is 6.13. The molecule has 1 aliphatic heterocycles. The lowest BCUT2D eigenvalue weighted by atomic mass is 10.1. The van der Waals surface area contributed by atoms with E-state index in [9.17, 15) is 4.79 Å². The van der Waals surface area contributed by atoms with Gasteiger partial charge in [-0.05, 0) is 30.7 Å². The molecule has 3 N–H and O–H groups in total. The summed E-state index contributed by atoms with van der Waals surface area (Å²) in [4.78, 5) is 10.6. The highest BCUT2D eigenvalue weighted by Crippen LogP contribution is 2.40. The highest BCUT2D eigenvalue weighted by atomic mass is 16.6. The molecule has 6 heteroatoms. The fourth-order valence-corrected chi connectivity index (χ4v) is 2.05. The number of rotatable bonds is 7. The van der Waals surface area contributed by atoms with Gasteiger partial charge in [0.15, 0.2) is 11.5 Å². The van der Waals surface area contributed by atoms with Crippen LogP contribution in [0.15, 0.2) is 12.1 Å². The van der Waals surface area contributed by atoms with Crippen molar-refractivity contribution in [3.63, 3.8) is 0 Å². The molecule has 2 rings (SSSR count). The number of amides is 1. The van der Waals surface area contributed by atoms with Crippen molar-refractivity contribution in [2.24, 2.45) is 5.73 Å². The second-order valence-corrected chi connectivity index (χ2v) is 4.57. The molecule has 0 atom stereocenters. The number of hydrogen-bond donors (Lipinski definition) is 2. The highest BCUT2D eigenvalue weighted by molar-refractivity contribution is 5.73. The number of hydrogen-bond acceptors (Lipinski definition) is 5. The number of fused-ring (bicyclic) bond motifs is 1. The molecule has 0 saturated heterocycles. The Morgan fingerprint density at radius 2 is 2.20 bits per heavy atom. The normalized spacial score (nSPS) is 13.1. The van der Waals surface area contributed by atoms with Gasteiger partial charge in [0.1, 0.15) is 13.2 Å². The molecule has 0 unspecified atom stereocenters. The van der Waals surface area contributed by atoms with E-state index in [4.69, 9.17) is 19.9 Å². The third kappa shape index (κ3) is 3.77. The molecule has 1 aromatic rings. The topological polar surface area (TPSA) is 82.8 Å². The first kappa shape index (κ1) is 14.5. The molecule has 0 radical (unpaired) electrons. The zero-order valence-corrected chi connectivity index (χ0v) is 11.6. The van der Waals surface area contributed by atoms with Gasteiger partial charge >= 0.3 is 0 Å². The predicted molar refractivity (Wildman–Crippen MR) is 74.1 cm³/mol. The quantitative estimate of drug-likeness (QED) is 0.723. The average molecular weight is 280 g/mol. The van der Waals surface area contributed by atoms with Crippen LogP contribution in [0.1, 0.15) is 18.4 Å².